The van der Waals surface area contributed by atoms with Gasteiger partial charge < -0.3 is 20.4 Å². The molecule has 0 aliphatic heterocycles. The lowest BCUT2D eigenvalue weighted by atomic mass is 10.1. The summed E-state index contributed by atoms with van der Waals surface area (Å²) < 4.78 is 45.0. The summed E-state index contributed by atoms with van der Waals surface area (Å²) in [7, 11) is 1.80. The molecule has 0 fully saturated rings. The first-order chi connectivity index (χ1) is 12.8. The van der Waals surface area contributed by atoms with Crippen LogP contribution >= 0.6 is 21.4 Å². The molecule has 0 saturated heterocycles. The maximum absolute atomic E-state index is 11.3. The first-order valence-electron chi connectivity index (χ1n) is 7.26. The Bertz CT molecular complexity index is 1120. The van der Waals surface area contributed by atoms with Crippen LogP contribution in [0.4, 0.5) is 0 Å². The number of aromatic hydroxyl groups is 4. The molecule has 0 heterocycles. The van der Waals surface area contributed by atoms with Crippen molar-refractivity contribution < 1.29 is 37.3 Å². The fourth-order valence-corrected chi connectivity index (χ4v) is 4.06. The van der Waals surface area contributed by atoms with E-state index in [1.807, 2.05) is 0 Å². The molecule has 2 rings (SSSR count). The third-order valence-electron chi connectivity index (χ3n) is 3.60. The summed E-state index contributed by atoms with van der Waals surface area (Å²) in [5.74, 6) is 2.09. The summed E-state index contributed by atoms with van der Waals surface area (Å²) in [6.45, 7) is 0. The first kappa shape index (κ1) is 22.0. The third-order valence-corrected chi connectivity index (χ3v) is 6.31. The highest BCUT2D eigenvalue weighted by Gasteiger charge is 2.21. The average molecular weight is 467 g/mol. The van der Waals surface area contributed by atoms with Crippen LogP contribution in [0.5, 0.6) is 23.0 Å². The molecule has 0 aromatic heterocycles. The number of hydrogen-bond donors (Lipinski definition) is 4. The maximum Gasteiger partial charge on any atom is 0.265 e. The average Bonchev–Trinajstić information content (AvgIpc) is 2.56. The van der Waals surface area contributed by atoms with Crippen molar-refractivity contribution in [1.29, 1.82) is 0 Å². The molecule has 2 aromatic carbocycles. The van der Waals surface area contributed by atoms with E-state index in [1.54, 1.807) is 0 Å². The number of hydrogen-bond acceptors (Lipinski definition) is 8. The molecule has 12 heteroatoms. The molecule has 150 valence electrons. The largest absolute Gasteiger partial charge is 0.504 e. The number of phenols is 4. The van der Waals surface area contributed by atoms with Crippen molar-refractivity contribution >= 4 is 39.5 Å². The first-order valence-corrected chi connectivity index (χ1v) is 11.9. The van der Waals surface area contributed by atoms with E-state index in [9.17, 15) is 37.3 Å². The number of rotatable bonds is 4. The van der Waals surface area contributed by atoms with E-state index in [1.165, 1.54) is 12.1 Å². The SMILES string of the molecule is O=S(=O)(Cl)c1ccc(CC#CCc2ccc(S(=O)(=O)Cl)c(O)c2O)c(O)c1O. The third kappa shape index (κ3) is 4.74. The summed E-state index contributed by atoms with van der Waals surface area (Å²) in [6, 6.07) is 4.48. The van der Waals surface area contributed by atoms with Crippen LogP contribution in [0.3, 0.4) is 0 Å². The van der Waals surface area contributed by atoms with E-state index >= 15 is 0 Å². The molecule has 28 heavy (non-hydrogen) atoms. The molecule has 0 aliphatic carbocycles. The van der Waals surface area contributed by atoms with Crippen LogP contribution < -0.4 is 0 Å². The van der Waals surface area contributed by atoms with E-state index in [-0.39, 0.29) is 24.0 Å². The lowest BCUT2D eigenvalue weighted by Gasteiger charge is -2.07. The number of phenolic OH excluding ortho intramolecular Hbond substituents is 4. The minimum Gasteiger partial charge on any atom is -0.504 e. The van der Waals surface area contributed by atoms with Gasteiger partial charge in [-0.3, -0.25) is 0 Å². The molecule has 0 amide bonds. The highest BCUT2D eigenvalue weighted by Crippen LogP contribution is 2.38. The Hall–Kier alpha value is -2.32. The second kappa shape index (κ2) is 7.97. The van der Waals surface area contributed by atoms with E-state index in [0.717, 1.165) is 12.1 Å². The van der Waals surface area contributed by atoms with E-state index in [2.05, 4.69) is 11.8 Å². The quantitative estimate of drug-likeness (QED) is 0.304. The minimum absolute atomic E-state index is 0.0805. The normalized spacial score (nSPS) is 11.6. The van der Waals surface area contributed by atoms with Crippen molar-refractivity contribution in [3.05, 3.63) is 35.4 Å². The molecule has 8 nitrogen and oxygen atoms in total. The predicted octanol–water partition coefficient (Wildman–Crippen LogP) is 2.15. The van der Waals surface area contributed by atoms with Crippen LogP contribution in [0, 0.1) is 11.8 Å². The van der Waals surface area contributed by atoms with Crippen LogP contribution in [0.15, 0.2) is 34.1 Å². The van der Waals surface area contributed by atoms with Gasteiger partial charge in [0.25, 0.3) is 18.1 Å². The minimum atomic E-state index is -4.23. The zero-order valence-corrected chi connectivity index (χ0v) is 16.9. The van der Waals surface area contributed by atoms with Crippen LogP contribution in [0.2, 0.25) is 0 Å². The van der Waals surface area contributed by atoms with Gasteiger partial charge in [0, 0.05) is 45.3 Å². The van der Waals surface area contributed by atoms with E-state index < -0.39 is 50.9 Å². The summed E-state index contributed by atoms with van der Waals surface area (Å²) in [6.07, 6.45) is -0.161. The number of benzene rings is 2. The van der Waals surface area contributed by atoms with Crippen molar-refractivity contribution in [2.24, 2.45) is 0 Å². The van der Waals surface area contributed by atoms with E-state index in [4.69, 9.17) is 21.4 Å². The Labute approximate surface area is 169 Å². The Kier molecular flexibility index (Phi) is 6.25. The van der Waals surface area contributed by atoms with E-state index in [0.29, 0.717) is 0 Å². The van der Waals surface area contributed by atoms with Crippen LogP contribution in [-0.2, 0) is 30.9 Å². The maximum atomic E-state index is 11.3. The van der Waals surface area contributed by atoms with Gasteiger partial charge in [-0.25, -0.2) is 16.8 Å². The van der Waals surface area contributed by atoms with Crippen molar-refractivity contribution in [2.45, 2.75) is 22.6 Å². The molecule has 0 radical (unpaired) electrons. The molecule has 0 aliphatic rings. The van der Waals surface area contributed by atoms with Gasteiger partial charge in [-0.05, 0) is 12.1 Å². The fourth-order valence-electron chi connectivity index (χ4n) is 2.20. The lowest BCUT2D eigenvalue weighted by Crippen LogP contribution is -1.94. The monoisotopic (exact) mass is 466 g/mol. The summed E-state index contributed by atoms with van der Waals surface area (Å²) in [5.41, 5.74) is 0.259. The Morgan fingerprint density at radius 1 is 0.643 bits per heavy atom. The van der Waals surface area contributed by atoms with Gasteiger partial charge in [0.1, 0.15) is 9.79 Å². The van der Waals surface area contributed by atoms with Gasteiger partial charge in [-0.2, -0.15) is 0 Å². The van der Waals surface area contributed by atoms with Crippen molar-refractivity contribution in [2.75, 3.05) is 0 Å². The Morgan fingerprint density at radius 2 is 0.964 bits per heavy atom. The van der Waals surface area contributed by atoms with Crippen molar-refractivity contribution in [3.63, 3.8) is 0 Å². The van der Waals surface area contributed by atoms with Gasteiger partial charge in [-0.15, -0.1) is 0 Å². The van der Waals surface area contributed by atoms with Crippen LogP contribution in [-0.4, -0.2) is 37.3 Å². The van der Waals surface area contributed by atoms with Crippen molar-refractivity contribution in [1.82, 2.24) is 0 Å². The lowest BCUT2D eigenvalue weighted by molar-refractivity contribution is 0.390. The molecule has 4 N–H and O–H groups in total. The molecule has 0 bridgehead atoms. The topological polar surface area (TPSA) is 149 Å². The van der Waals surface area contributed by atoms with Gasteiger partial charge >= 0.3 is 0 Å². The summed E-state index contributed by atoms with van der Waals surface area (Å²) in [4.78, 5) is -1.28. The van der Waals surface area contributed by atoms with Gasteiger partial charge in [0.2, 0.25) is 0 Å². The standard InChI is InChI=1S/C16H12Cl2O8S2/c17-27(23,24)11-7-5-9(13(19)15(11)21)3-1-2-4-10-6-8-12(28(18,25)26)16(22)14(10)20/h5-8,19-22H,3-4H2. The Balaban J connectivity index is 2.22. The molecule has 0 unspecified atom stereocenters. The molecular weight excluding hydrogens is 455 g/mol. The van der Waals surface area contributed by atoms with Crippen molar-refractivity contribution in [3.8, 4) is 34.8 Å². The second-order valence-corrected chi connectivity index (χ2v) is 10.5. The smallest absolute Gasteiger partial charge is 0.265 e. The number of halogens is 2. The van der Waals surface area contributed by atoms with Gasteiger partial charge in [0.15, 0.2) is 23.0 Å². The zero-order chi connectivity index (χ0) is 21.3. The molecule has 2 aromatic rings. The highest BCUT2D eigenvalue weighted by molar-refractivity contribution is 8.14. The fraction of sp³-hybridized carbons (Fsp3) is 0.125. The molecular formula is C16H12Cl2O8S2. The van der Waals surface area contributed by atoms with Crippen LogP contribution in [0.25, 0.3) is 0 Å². The summed E-state index contributed by atoms with van der Waals surface area (Å²) in [5, 5.41) is 39.2. The van der Waals surface area contributed by atoms with Gasteiger partial charge in [-0.1, -0.05) is 24.0 Å². The molecule has 0 saturated carbocycles. The zero-order valence-electron chi connectivity index (χ0n) is 13.7. The van der Waals surface area contributed by atoms with Gasteiger partial charge in [0.05, 0.1) is 0 Å². The molecule has 0 atom stereocenters. The predicted molar refractivity (Wildman–Crippen MR) is 101 cm³/mol. The highest BCUT2D eigenvalue weighted by atomic mass is 35.7. The summed E-state index contributed by atoms with van der Waals surface area (Å²) >= 11 is 0. The Morgan fingerprint density at radius 3 is 1.25 bits per heavy atom. The van der Waals surface area contributed by atoms with Crippen LogP contribution in [0.1, 0.15) is 11.1 Å². The molecule has 0 spiro atoms. The second-order valence-electron chi connectivity index (χ2n) is 5.42.